The van der Waals surface area contributed by atoms with Crippen molar-refractivity contribution in [1.82, 2.24) is 5.32 Å². The van der Waals surface area contributed by atoms with E-state index in [1.165, 1.54) is 37.0 Å². The lowest BCUT2D eigenvalue weighted by atomic mass is 9.89. The molecule has 3 nitrogen and oxygen atoms in total. The lowest BCUT2D eigenvalue weighted by Gasteiger charge is -2.23. The fraction of sp³-hybridized carbons (Fsp3) is 0.438. The van der Waals surface area contributed by atoms with Gasteiger partial charge in [-0.25, -0.2) is 0 Å². The Morgan fingerprint density at radius 2 is 2.14 bits per heavy atom. The van der Waals surface area contributed by atoms with E-state index in [0.717, 1.165) is 16.6 Å². The van der Waals surface area contributed by atoms with E-state index in [-0.39, 0.29) is 11.3 Å². The standard InChI is InChI=1S/C16H19ClN2OS/c1-16(6-2-3-7-16)9-19-15(20)14-13(18)11-8-10(17)4-5-12(11)21-14/h4-5,8H,2-3,6-7,9,18H2,1H3,(H,19,20). The highest BCUT2D eigenvalue weighted by Crippen LogP contribution is 2.38. The molecule has 0 atom stereocenters. The Bertz CT molecular complexity index is 689. The third-order valence-electron chi connectivity index (χ3n) is 4.38. The first-order valence-corrected chi connectivity index (χ1v) is 8.44. The molecule has 5 heteroatoms. The summed E-state index contributed by atoms with van der Waals surface area (Å²) in [5.74, 6) is -0.0713. The van der Waals surface area contributed by atoms with Crippen molar-refractivity contribution in [3.8, 4) is 0 Å². The number of hydrogen-bond donors (Lipinski definition) is 2. The van der Waals surface area contributed by atoms with E-state index in [4.69, 9.17) is 17.3 Å². The van der Waals surface area contributed by atoms with Gasteiger partial charge < -0.3 is 11.1 Å². The second-order valence-electron chi connectivity index (χ2n) is 6.19. The minimum absolute atomic E-state index is 0.0713. The highest BCUT2D eigenvalue weighted by molar-refractivity contribution is 7.21. The summed E-state index contributed by atoms with van der Waals surface area (Å²) in [7, 11) is 0. The van der Waals surface area contributed by atoms with Crippen molar-refractivity contribution in [3.63, 3.8) is 0 Å². The number of hydrogen-bond acceptors (Lipinski definition) is 3. The van der Waals surface area contributed by atoms with Crippen LogP contribution in [0.5, 0.6) is 0 Å². The van der Waals surface area contributed by atoms with E-state index in [2.05, 4.69) is 12.2 Å². The molecule has 0 bridgehead atoms. The normalized spacial score (nSPS) is 17.2. The number of rotatable bonds is 3. The van der Waals surface area contributed by atoms with E-state index in [1.54, 1.807) is 0 Å². The predicted octanol–water partition coefficient (Wildman–Crippen LogP) is 4.45. The van der Waals surface area contributed by atoms with Gasteiger partial charge in [0, 0.05) is 21.7 Å². The summed E-state index contributed by atoms with van der Waals surface area (Å²) in [4.78, 5) is 13.0. The molecular formula is C16H19ClN2OS. The number of benzene rings is 1. The van der Waals surface area contributed by atoms with Crippen molar-refractivity contribution >= 4 is 44.6 Å². The van der Waals surface area contributed by atoms with Crippen LogP contribution < -0.4 is 11.1 Å². The van der Waals surface area contributed by atoms with Crippen LogP contribution in [0.4, 0.5) is 5.69 Å². The largest absolute Gasteiger partial charge is 0.397 e. The van der Waals surface area contributed by atoms with E-state index < -0.39 is 0 Å². The number of carbonyl (C=O) groups is 1. The molecule has 1 fully saturated rings. The van der Waals surface area contributed by atoms with Gasteiger partial charge in [-0.15, -0.1) is 11.3 Å². The molecule has 21 heavy (non-hydrogen) atoms. The van der Waals surface area contributed by atoms with Gasteiger partial charge in [0.1, 0.15) is 4.88 Å². The molecule has 3 N–H and O–H groups in total. The van der Waals surface area contributed by atoms with E-state index in [9.17, 15) is 4.79 Å². The molecule has 1 aliphatic rings. The van der Waals surface area contributed by atoms with E-state index >= 15 is 0 Å². The number of halogens is 1. The highest BCUT2D eigenvalue weighted by atomic mass is 35.5. The van der Waals surface area contributed by atoms with Crippen LogP contribution in [0.1, 0.15) is 42.3 Å². The Labute approximate surface area is 133 Å². The maximum absolute atomic E-state index is 12.4. The van der Waals surface area contributed by atoms with Crippen LogP contribution in [0.2, 0.25) is 5.02 Å². The minimum Gasteiger partial charge on any atom is -0.397 e. The molecule has 1 amide bonds. The first kappa shape index (κ1) is 14.7. The van der Waals surface area contributed by atoms with Gasteiger partial charge in [0.05, 0.1) is 5.69 Å². The third kappa shape index (κ3) is 2.87. The van der Waals surface area contributed by atoms with Gasteiger partial charge in [-0.2, -0.15) is 0 Å². The number of anilines is 1. The molecule has 0 radical (unpaired) electrons. The first-order valence-electron chi connectivity index (χ1n) is 7.24. The maximum atomic E-state index is 12.4. The van der Waals surface area contributed by atoms with Crippen molar-refractivity contribution in [1.29, 1.82) is 0 Å². The molecule has 1 heterocycles. The van der Waals surface area contributed by atoms with Gasteiger partial charge in [0.2, 0.25) is 0 Å². The smallest absolute Gasteiger partial charge is 0.263 e. The average Bonchev–Trinajstić information content (AvgIpc) is 3.02. The molecule has 0 aliphatic heterocycles. The Kier molecular flexibility index (Phi) is 3.84. The summed E-state index contributed by atoms with van der Waals surface area (Å²) in [6.45, 7) is 2.97. The molecule has 1 saturated carbocycles. The Hall–Kier alpha value is -1.26. The lowest BCUT2D eigenvalue weighted by molar-refractivity contribution is 0.0939. The monoisotopic (exact) mass is 322 g/mol. The van der Waals surface area contributed by atoms with E-state index in [1.807, 2.05) is 18.2 Å². The quantitative estimate of drug-likeness (QED) is 0.877. The zero-order chi connectivity index (χ0) is 15.0. The van der Waals surface area contributed by atoms with Crippen molar-refractivity contribution in [2.24, 2.45) is 5.41 Å². The van der Waals surface area contributed by atoms with Crippen molar-refractivity contribution in [3.05, 3.63) is 28.1 Å². The molecule has 1 aromatic carbocycles. The van der Waals surface area contributed by atoms with Crippen LogP contribution in [-0.4, -0.2) is 12.5 Å². The summed E-state index contributed by atoms with van der Waals surface area (Å²) in [5.41, 5.74) is 6.89. The van der Waals surface area contributed by atoms with Gasteiger partial charge in [-0.1, -0.05) is 31.4 Å². The lowest BCUT2D eigenvalue weighted by Crippen LogP contribution is -2.34. The van der Waals surface area contributed by atoms with Crippen molar-refractivity contribution in [2.45, 2.75) is 32.6 Å². The Morgan fingerprint density at radius 3 is 2.86 bits per heavy atom. The van der Waals surface area contributed by atoms with Gasteiger partial charge >= 0.3 is 0 Å². The van der Waals surface area contributed by atoms with Gasteiger partial charge in [0.25, 0.3) is 5.91 Å². The zero-order valence-corrected chi connectivity index (χ0v) is 13.6. The fourth-order valence-corrected chi connectivity index (χ4v) is 4.23. The number of nitrogens with one attached hydrogen (secondary N) is 1. The summed E-state index contributed by atoms with van der Waals surface area (Å²) in [6, 6.07) is 5.55. The van der Waals surface area contributed by atoms with Crippen LogP contribution >= 0.6 is 22.9 Å². The second kappa shape index (κ2) is 5.50. The van der Waals surface area contributed by atoms with Crippen LogP contribution in [0, 0.1) is 5.41 Å². The molecule has 1 aliphatic carbocycles. The number of carbonyl (C=O) groups excluding carboxylic acids is 1. The number of amides is 1. The number of thiophene rings is 1. The fourth-order valence-electron chi connectivity index (χ4n) is 3.04. The zero-order valence-electron chi connectivity index (χ0n) is 12.0. The van der Waals surface area contributed by atoms with Gasteiger partial charge in [-0.3, -0.25) is 4.79 Å². The summed E-state index contributed by atoms with van der Waals surface area (Å²) in [6.07, 6.45) is 4.89. The molecule has 0 spiro atoms. The molecule has 1 aromatic heterocycles. The van der Waals surface area contributed by atoms with Gasteiger partial charge in [-0.05, 0) is 36.5 Å². The second-order valence-corrected chi connectivity index (χ2v) is 7.67. The Morgan fingerprint density at radius 1 is 1.43 bits per heavy atom. The molecule has 3 rings (SSSR count). The molecule has 0 unspecified atom stereocenters. The molecular weight excluding hydrogens is 304 g/mol. The van der Waals surface area contributed by atoms with Crippen molar-refractivity contribution in [2.75, 3.05) is 12.3 Å². The summed E-state index contributed by atoms with van der Waals surface area (Å²) in [5, 5.41) is 4.56. The molecule has 112 valence electrons. The van der Waals surface area contributed by atoms with Crippen LogP contribution in [0.3, 0.4) is 0 Å². The minimum atomic E-state index is -0.0713. The SMILES string of the molecule is CC1(CNC(=O)c2sc3ccc(Cl)cc3c2N)CCCC1. The Balaban J connectivity index is 1.80. The van der Waals surface area contributed by atoms with Crippen LogP contribution in [-0.2, 0) is 0 Å². The van der Waals surface area contributed by atoms with Crippen LogP contribution in [0.25, 0.3) is 10.1 Å². The number of nitrogens with two attached hydrogens (primary N) is 1. The maximum Gasteiger partial charge on any atom is 0.263 e. The predicted molar refractivity (Wildman–Crippen MR) is 90.2 cm³/mol. The first-order chi connectivity index (χ1) is 9.98. The highest BCUT2D eigenvalue weighted by Gasteiger charge is 2.29. The third-order valence-corrected chi connectivity index (χ3v) is 5.80. The number of nitrogen functional groups attached to an aromatic ring is 1. The van der Waals surface area contributed by atoms with Gasteiger partial charge in [0.15, 0.2) is 0 Å². The summed E-state index contributed by atoms with van der Waals surface area (Å²) >= 11 is 7.42. The number of fused-ring (bicyclic) bond motifs is 1. The molecule has 2 aromatic rings. The van der Waals surface area contributed by atoms with Crippen LogP contribution in [0.15, 0.2) is 18.2 Å². The summed E-state index contributed by atoms with van der Waals surface area (Å²) < 4.78 is 0.995. The molecule has 0 saturated heterocycles. The van der Waals surface area contributed by atoms with E-state index in [0.29, 0.717) is 15.6 Å². The topological polar surface area (TPSA) is 55.1 Å². The van der Waals surface area contributed by atoms with Crippen molar-refractivity contribution < 1.29 is 4.79 Å². The average molecular weight is 323 g/mol.